The van der Waals surface area contributed by atoms with E-state index in [1.54, 1.807) is 7.11 Å². The third-order valence-electron chi connectivity index (χ3n) is 7.24. The van der Waals surface area contributed by atoms with Gasteiger partial charge in [0.25, 0.3) is 0 Å². The molecule has 0 bridgehead atoms. The van der Waals surface area contributed by atoms with Gasteiger partial charge in [-0.1, -0.05) is 19.6 Å². The fraction of sp³-hybridized carbons (Fsp3) is 0.310. The van der Waals surface area contributed by atoms with E-state index in [4.69, 9.17) is 4.74 Å². The summed E-state index contributed by atoms with van der Waals surface area (Å²) < 4.78 is 7.63. The number of piperazine rings is 1. The largest absolute Gasteiger partial charge is 0.494 e. The van der Waals surface area contributed by atoms with Gasteiger partial charge < -0.3 is 20.3 Å². The van der Waals surface area contributed by atoms with Crippen molar-refractivity contribution in [3.63, 3.8) is 0 Å². The van der Waals surface area contributed by atoms with Gasteiger partial charge in [0.05, 0.1) is 41.6 Å². The Hall–Kier alpha value is -4.09. The van der Waals surface area contributed by atoms with Gasteiger partial charge in [-0.2, -0.15) is 18.6 Å². The lowest BCUT2D eigenvalue weighted by molar-refractivity contribution is -0.111. The van der Waals surface area contributed by atoms with Crippen molar-refractivity contribution in [2.24, 2.45) is 7.05 Å². The minimum absolute atomic E-state index is 0. The predicted molar refractivity (Wildman–Crippen MR) is 166 cm³/mol. The number of rotatable bonds is 8. The first-order chi connectivity index (χ1) is 18.9. The Morgan fingerprint density at radius 1 is 1.18 bits per heavy atom. The Morgan fingerprint density at radius 2 is 2.00 bits per heavy atom. The summed E-state index contributed by atoms with van der Waals surface area (Å²) in [6.07, 6.45) is 4.64. The van der Waals surface area contributed by atoms with Gasteiger partial charge in [0.1, 0.15) is 17.9 Å². The number of aryl methyl sites for hydroxylation is 1. The number of nitrogens with zero attached hydrogens (tertiary/aromatic N) is 6. The number of amides is 1. The van der Waals surface area contributed by atoms with Crippen molar-refractivity contribution in [1.29, 1.82) is 0 Å². The molecule has 0 radical (unpaired) electrons. The van der Waals surface area contributed by atoms with Crippen LogP contribution in [0.3, 0.4) is 0 Å². The first kappa shape index (κ1) is 28.9. The molecule has 40 heavy (non-hydrogen) atoms. The van der Waals surface area contributed by atoms with Crippen LogP contribution >= 0.6 is 13.5 Å². The zero-order chi connectivity index (χ0) is 27.5. The minimum Gasteiger partial charge on any atom is -0.494 e. The molecule has 5 rings (SSSR count). The van der Waals surface area contributed by atoms with Crippen molar-refractivity contribution >= 4 is 53.2 Å². The third-order valence-corrected chi connectivity index (χ3v) is 7.24. The average Bonchev–Trinajstić information content (AvgIpc) is 3.33. The number of benzene rings is 2. The van der Waals surface area contributed by atoms with Crippen molar-refractivity contribution in [2.45, 2.75) is 19.9 Å². The van der Waals surface area contributed by atoms with Crippen LogP contribution in [0, 0.1) is 0 Å². The molecule has 1 amide bonds. The number of carbonyl (C=O) groups excluding carboxylic acids is 1. The summed E-state index contributed by atoms with van der Waals surface area (Å²) in [6.45, 7) is 11.7. The van der Waals surface area contributed by atoms with Crippen LogP contribution < -0.4 is 20.3 Å². The second-order valence-electron chi connectivity index (χ2n) is 9.64. The molecule has 0 saturated carbocycles. The van der Waals surface area contributed by atoms with Crippen molar-refractivity contribution in [3.8, 4) is 17.0 Å². The van der Waals surface area contributed by atoms with E-state index in [-0.39, 0.29) is 19.4 Å². The molecule has 1 atom stereocenters. The number of hydrogen-bond acceptors (Lipinski definition) is 8. The lowest BCUT2D eigenvalue weighted by Gasteiger charge is -2.41. The van der Waals surface area contributed by atoms with E-state index in [0.29, 0.717) is 29.0 Å². The molecule has 1 fully saturated rings. The van der Waals surface area contributed by atoms with Gasteiger partial charge in [0.15, 0.2) is 0 Å². The number of ether oxygens (including phenoxy) is 1. The highest BCUT2D eigenvalue weighted by Crippen LogP contribution is 2.39. The molecule has 1 aliphatic heterocycles. The zero-order valence-corrected chi connectivity index (χ0v) is 24.3. The summed E-state index contributed by atoms with van der Waals surface area (Å²) in [4.78, 5) is 26.0. The third kappa shape index (κ3) is 5.90. The van der Waals surface area contributed by atoms with Crippen LogP contribution in [0.25, 0.3) is 22.2 Å². The average molecular weight is 561 g/mol. The van der Waals surface area contributed by atoms with Gasteiger partial charge in [0, 0.05) is 55.8 Å². The zero-order valence-electron chi connectivity index (χ0n) is 23.3. The second kappa shape index (κ2) is 12.4. The smallest absolute Gasteiger partial charge is 0.247 e. The molecular formula is C29H36N8O2S. The highest BCUT2D eigenvalue weighted by molar-refractivity contribution is 7.59. The molecule has 4 aromatic rings. The molecule has 210 valence electrons. The summed E-state index contributed by atoms with van der Waals surface area (Å²) in [5, 5.41) is 11.7. The summed E-state index contributed by atoms with van der Waals surface area (Å²) >= 11 is 0. The molecule has 0 aliphatic carbocycles. The van der Waals surface area contributed by atoms with Gasteiger partial charge in [-0.15, -0.1) is 0 Å². The molecule has 3 heterocycles. The number of nitrogens with one attached hydrogen (secondary N) is 2. The molecular weight excluding hydrogens is 524 g/mol. The Kier molecular flexibility index (Phi) is 8.96. The quantitative estimate of drug-likeness (QED) is 0.303. The number of anilines is 4. The van der Waals surface area contributed by atoms with Crippen molar-refractivity contribution in [2.75, 3.05) is 48.8 Å². The Labute approximate surface area is 241 Å². The molecule has 2 N–H and O–H groups in total. The monoisotopic (exact) mass is 560 g/mol. The molecule has 0 spiro atoms. The lowest BCUT2D eigenvalue weighted by Crippen LogP contribution is -2.51. The fourth-order valence-corrected chi connectivity index (χ4v) is 5.11. The molecule has 2 aromatic carbocycles. The van der Waals surface area contributed by atoms with E-state index in [0.717, 1.165) is 54.0 Å². The topological polar surface area (TPSA) is 100 Å². The van der Waals surface area contributed by atoms with Crippen LogP contribution in [0.2, 0.25) is 0 Å². The van der Waals surface area contributed by atoms with Gasteiger partial charge in [-0.25, -0.2) is 9.97 Å². The van der Waals surface area contributed by atoms with Crippen LogP contribution in [0.15, 0.2) is 61.6 Å². The molecule has 1 aliphatic rings. The van der Waals surface area contributed by atoms with Gasteiger partial charge >= 0.3 is 0 Å². The number of likely N-dealkylation sites (N-methyl/N-ethyl adjacent to an activating group) is 1. The SMILES string of the molecule is C=CC(=O)Nc1cc(Nc2cc(-c3ccc4c(cnn4C)c3)ncn2)c(OC)cc1N1CCN(CC)[C@@H](C)C1.S. The Morgan fingerprint density at radius 3 is 2.73 bits per heavy atom. The van der Waals surface area contributed by atoms with Crippen LogP contribution in [-0.2, 0) is 11.8 Å². The first-order valence-corrected chi connectivity index (χ1v) is 13.1. The Bertz CT molecular complexity index is 1520. The van der Waals surface area contributed by atoms with Crippen LogP contribution in [-0.4, -0.2) is 69.9 Å². The standard InChI is InChI=1S/C29H34N8O2.H2S/c1-6-29(38)34-23-13-24(27(39-5)15-26(23)37-11-10-36(7-2)19(3)17-37)33-28-14-22(30-18-31-28)20-8-9-25-21(12-20)16-32-35(25)4;/h6,8-9,12-16,18-19H,1,7,10-11,17H2,2-5H3,(H,34,38)(H,30,31,33);1H2/t19-;/m0./s1. The Balaban J connectivity index is 0.00000370. The molecule has 11 heteroatoms. The highest BCUT2D eigenvalue weighted by Gasteiger charge is 2.26. The molecule has 0 unspecified atom stereocenters. The van der Waals surface area contributed by atoms with E-state index in [9.17, 15) is 4.79 Å². The van der Waals surface area contributed by atoms with E-state index >= 15 is 0 Å². The summed E-state index contributed by atoms with van der Waals surface area (Å²) in [7, 11) is 3.56. The number of aromatic nitrogens is 4. The summed E-state index contributed by atoms with van der Waals surface area (Å²) in [5.41, 5.74) is 5.04. The number of hydrogen-bond donors (Lipinski definition) is 2. The maximum Gasteiger partial charge on any atom is 0.247 e. The van der Waals surface area contributed by atoms with Gasteiger partial charge in [0.2, 0.25) is 5.91 Å². The lowest BCUT2D eigenvalue weighted by atomic mass is 10.1. The molecule has 1 saturated heterocycles. The normalized spacial score (nSPS) is 15.4. The first-order valence-electron chi connectivity index (χ1n) is 13.1. The van der Waals surface area contributed by atoms with E-state index < -0.39 is 0 Å². The number of carbonyl (C=O) groups is 1. The summed E-state index contributed by atoms with van der Waals surface area (Å²) in [6, 6.07) is 12.2. The molecule has 10 nitrogen and oxygen atoms in total. The number of fused-ring (bicyclic) bond motifs is 1. The van der Waals surface area contributed by atoms with Crippen molar-refractivity contribution in [1.82, 2.24) is 24.6 Å². The fourth-order valence-electron chi connectivity index (χ4n) is 5.11. The van der Waals surface area contributed by atoms with E-state index in [1.165, 1.54) is 12.4 Å². The maximum absolute atomic E-state index is 12.4. The van der Waals surface area contributed by atoms with Crippen LogP contribution in [0.1, 0.15) is 13.8 Å². The van der Waals surface area contributed by atoms with Crippen molar-refractivity contribution in [3.05, 3.63) is 61.6 Å². The maximum atomic E-state index is 12.4. The van der Waals surface area contributed by atoms with Crippen LogP contribution in [0.5, 0.6) is 5.75 Å². The number of methoxy groups -OCH3 is 1. The molecule has 2 aromatic heterocycles. The second-order valence-corrected chi connectivity index (χ2v) is 9.64. The van der Waals surface area contributed by atoms with Gasteiger partial charge in [-0.05, 0) is 37.7 Å². The van der Waals surface area contributed by atoms with Crippen molar-refractivity contribution < 1.29 is 9.53 Å². The van der Waals surface area contributed by atoms with Crippen LogP contribution in [0.4, 0.5) is 22.9 Å². The highest BCUT2D eigenvalue weighted by atomic mass is 32.1. The van der Waals surface area contributed by atoms with Gasteiger partial charge in [-0.3, -0.25) is 14.4 Å². The predicted octanol–water partition coefficient (Wildman–Crippen LogP) is 4.55. The summed E-state index contributed by atoms with van der Waals surface area (Å²) in [5.74, 6) is 0.968. The van der Waals surface area contributed by atoms with E-state index in [2.05, 4.69) is 62.0 Å². The minimum atomic E-state index is -0.275. The van der Waals surface area contributed by atoms with E-state index in [1.807, 2.05) is 48.3 Å².